The van der Waals surface area contributed by atoms with Crippen LogP contribution in [0.4, 0.5) is 5.69 Å². The summed E-state index contributed by atoms with van der Waals surface area (Å²) in [6.45, 7) is 1.55. The standard InChI is InChI=1S/C15H15BrClNO/c16-14-11-12(17)7-8-15(14)19-10-4-9-18-13-5-2-1-3-6-13/h1-3,5-8,11,18H,4,9-10H2. The highest BCUT2D eigenvalue weighted by atomic mass is 79.9. The third-order valence-corrected chi connectivity index (χ3v) is 3.43. The molecule has 0 unspecified atom stereocenters. The molecule has 0 atom stereocenters. The van der Waals surface area contributed by atoms with E-state index in [0.29, 0.717) is 11.6 Å². The van der Waals surface area contributed by atoms with Gasteiger partial charge < -0.3 is 10.1 Å². The highest BCUT2D eigenvalue weighted by Gasteiger charge is 2.01. The summed E-state index contributed by atoms with van der Waals surface area (Å²) < 4.78 is 6.57. The zero-order valence-corrected chi connectivity index (χ0v) is 12.7. The summed E-state index contributed by atoms with van der Waals surface area (Å²) in [5, 5.41) is 4.04. The first kappa shape index (κ1) is 14.2. The SMILES string of the molecule is Clc1ccc(OCCCNc2ccccc2)c(Br)c1. The molecule has 2 aromatic carbocycles. The summed E-state index contributed by atoms with van der Waals surface area (Å²) >= 11 is 9.30. The van der Waals surface area contributed by atoms with Gasteiger partial charge in [0.05, 0.1) is 11.1 Å². The average molecular weight is 341 g/mol. The lowest BCUT2D eigenvalue weighted by molar-refractivity contribution is 0.313. The number of rotatable bonds is 6. The minimum Gasteiger partial charge on any atom is -0.492 e. The van der Waals surface area contributed by atoms with Crippen molar-refractivity contribution < 1.29 is 4.74 Å². The Hall–Kier alpha value is -1.19. The maximum absolute atomic E-state index is 5.87. The van der Waals surface area contributed by atoms with Crippen molar-refractivity contribution in [1.29, 1.82) is 0 Å². The van der Waals surface area contributed by atoms with Gasteiger partial charge in [-0.15, -0.1) is 0 Å². The number of halogens is 2. The molecular weight excluding hydrogens is 326 g/mol. The van der Waals surface area contributed by atoms with Crippen LogP contribution < -0.4 is 10.1 Å². The van der Waals surface area contributed by atoms with Crippen LogP contribution in [-0.4, -0.2) is 13.2 Å². The van der Waals surface area contributed by atoms with E-state index in [1.807, 2.05) is 36.4 Å². The van der Waals surface area contributed by atoms with Crippen LogP contribution in [0.5, 0.6) is 5.75 Å². The fourth-order valence-electron chi connectivity index (χ4n) is 1.64. The molecule has 2 rings (SSSR count). The molecule has 0 aliphatic carbocycles. The highest BCUT2D eigenvalue weighted by Crippen LogP contribution is 2.27. The van der Waals surface area contributed by atoms with Crippen molar-refractivity contribution in [2.45, 2.75) is 6.42 Å². The Kier molecular flexibility index (Phi) is 5.55. The van der Waals surface area contributed by atoms with Crippen molar-refractivity contribution in [1.82, 2.24) is 0 Å². The molecule has 2 aromatic rings. The zero-order valence-electron chi connectivity index (χ0n) is 10.4. The van der Waals surface area contributed by atoms with Gasteiger partial charge in [0, 0.05) is 17.3 Å². The number of benzene rings is 2. The Labute approximate surface area is 126 Å². The normalized spacial score (nSPS) is 10.2. The molecule has 0 saturated heterocycles. The lowest BCUT2D eigenvalue weighted by Crippen LogP contribution is -2.07. The minimum absolute atomic E-state index is 0.667. The number of anilines is 1. The van der Waals surface area contributed by atoms with E-state index in [-0.39, 0.29) is 0 Å². The number of hydrogen-bond donors (Lipinski definition) is 1. The van der Waals surface area contributed by atoms with Gasteiger partial charge in [0.1, 0.15) is 5.75 Å². The monoisotopic (exact) mass is 339 g/mol. The van der Waals surface area contributed by atoms with Crippen molar-refractivity contribution in [2.24, 2.45) is 0 Å². The molecule has 0 saturated carbocycles. The number of para-hydroxylation sites is 1. The highest BCUT2D eigenvalue weighted by molar-refractivity contribution is 9.10. The predicted octanol–water partition coefficient (Wildman–Crippen LogP) is 4.98. The molecule has 100 valence electrons. The summed E-state index contributed by atoms with van der Waals surface area (Å²) in [4.78, 5) is 0. The van der Waals surface area contributed by atoms with Gasteiger partial charge in [0.2, 0.25) is 0 Å². The Morgan fingerprint density at radius 3 is 2.63 bits per heavy atom. The lowest BCUT2D eigenvalue weighted by atomic mass is 10.3. The molecule has 4 heteroatoms. The Balaban J connectivity index is 1.69. The molecule has 0 aromatic heterocycles. The summed E-state index contributed by atoms with van der Waals surface area (Å²) in [5.74, 6) is 0.823. The summed E-state index contributed by atoms with van der Waals surface area (Å²) in [5.41, 5.74) is 1.13. The Morgan fingerprint density at radius 2 is 1.89 bits per heavy atom. The maximum atomic E-state index is 5.87. The van der Waals surface area contributed by atoms with Gasteiger partial charge in [-0.1, -0.05) is 29.8 Å². The van der Waals surface area contributed by atoms with Gasteiger partial charge >= 0.3 is 0 Å². The molecule has 0 heterocycles. The average Bonchev–Trinajstić information content (AvgIpc) is 2.42. The summed E-state index contributed by atoms with van der Waals surface area (Å²) in [6, 6.07) is 15.7. The van der Waals surface area contributed by atoms with Gasteiger partial charge in [-0.3, -0.25) is 0 Å². The van der Waals surface area contributed by atoms with Crippen LogP contribution in [0, 0.1) is 0 Å². The van der Waals surface area contributed by atoms with Crippen LogP contribution in [0.25, 0.3) is 0 Å². The van der Waals surface area contributed by atoms with Crippen molar-refractivity contribution in [3.63, 3.8) is 0 Å². The van der Waals surface area contributed by atoms with Crippen LogP contribution >= 0.6 is 27.5 Å². The maximum Gasteiger partial charge on any atom is 0.133 e. The molecule has 19 heavy (non-hydrogen) atoms. The topological polar surface area (TPSA) is 21.3 Å². The smallest absolute Gasteiger partial charge is 0.133 e. The first-order valence-corrected chi connectivity index (χ1v) is 7.29. The second-order valence-electron chi connectivity index (χ2n) is 4.07. The molecule has 0 radical (unpaired) electrons. The van der Waals surface area contributed by atoms with Crippen LogP contribution in [-0.2, 0) is 0 Å². The molecule has 0 fully saturated rings. The van der Waals surface area contributed by atoms with Gasteiger partial charge in [0.25, 0.3) is 0 Å². The van der Waals surface area contributed by atoms with E-state index in [1.165, 1.54) is 0 Å². The fourth-order valence-corrected chi connectivity index (χ4v) is 2.43. The number of ether oxygens (including phenoxy) is 1. The predicted molar refractivity (Wildman–Crippen MR) is 84.2 cm³/mol. The number of hydrogen-bond acceptors (Lipinski definition) is 2. The van der Waals surface area contributed by atoms with Crippen LogP contribution in [0.1, 0.15) is 6.42 Å². The number of nitrogens with one attached hydrogen (secondary N) is 1. The van der Waals surface area contributed by atoms with E-state index in [0.717, 1.165) is 28.9 Å². The fraction of sp³-hybridized carbons (Fsp3) is 0.200. The Morgan fingerprint density at radius 1 is 1.11 bits per heavy atom. The van der Waals surface area contributed by atoms with Gasteiger partial charge in [-0.05, 0) is 52.7 Å². The first-order valence-electron chi connectivity index (χ1n) is 6.12. The molecule has 0 bridgehead atoms. The largest absolute Gasteiger partial charge is 0.492 e. The van der Waals surface area contributed by atoms with Crippen molar-refractivity contribution in [3.05, 3.63) is 58.0 Å². The van der Waals surface area contributed by atoms with Crippen LogP contribution in [0.2, 0.25) is 5.02 Å². The van der Waals surface area contributed by atoms with Crippen molar-refractivity contribution >= 4 is 33.2 Å². The summed E-state index contributed by atoms with van der Waals surface area (Å²) in [6.07, 6.45) is 0.934. The van der Waals surface area contributed by atoms with E-state index in [1.54, 1.807) is 0 Å². The molecule has 1 N–H and O–H groups in total. The molecule has 0 spiro atoms. The van der Waals surface area contributed by atoms with E-state index in [4.69, 9.17) is 16.3 Å². The van der Waals surface area contributed by atoms with Crippen LogP contribution in [0.3, 0.4) is 0 Å². The molecule has 0 aliphatic heterocycles. The van der Waals surface area contributed by atoms with E-state index < -0.39 is 0 Å². The third kappa shape index (κ3) is 4.77. The van der Waals surface area contributed by atoms with Gasteiger partial charge in [-0.2, -0.15) is 0 Å². The molecular formula is C15H15BrClNO. The Bertz CT molecular complexity index is 519. The van der Waals surface area contributed by atoms with E-state index in [2.05, 4.69) is 33.4 Å². The van der Waals surface area contributed by atoms with Crippen molar-refractivity contribution in [3.8, 4) is 5.75 Å². The van der Waals surface area contributed by atoms with Crippen LogP contribution in [0.15, 0.2) is 53.0 Å². The quantitative estimate of drug-likeness (QED) is 0.749. The third-order valence-electron chi connectivity index (χ3n) is 2.58. The first-order chi connectivity index (χ1) is 9.25. The lowest BCUT2D eigenvalue weighted by Gasteiger charge is -2.09. The second kappa shape index (κ2) is 7.41. The molecule has 0 aliphatic rings. The summed E-state index contributed by atoms with van der Waals surface area (Å²) in [7, 11) is 0. The van der Waals surface area contributed by atoms with Gasteiger partial charge in [0.15, 0.2) is 0 Å². The van der Waals surface area contributed by atoms with Crippen molar-refractivity contribution in [2.75, 3.05) is 18.5 Å². The zero-order chi connectivity index (χ0) is 13.5. The molecule has 2 nitrogen and oxygen atoms in total. The van der Waals surface area contributed by atoms with E-state index >= 15 is 0 Å². The van der Waals surface area contributed by atoms with Gasteiger partial charge in [-0.25, -0.2) is 0 Å². The molecule has 0 amide bonds. The second-order valence-corrected chi connectivity index (χ2v) is 5.36. The van der Waals surface area contributed by atoms with E-state index in [9.17, 15) is 0 Å². The minimum atomic E-state index is 0.667.